The maximum Gasteiger partial charge on any atom is 0.263 e. The van der Waals surface area contributed by atoms with Gasteiger partial charge in [0, 0.05) is 43.4 Å². The van der Waals surface area contributed by atoms with Gasteiger partial charge in [0.05, 0.1) is 22.1 Å². The van der Waals surface area contributed by atoms with Gasteiger partial charge in [0.25, 0.3) is 5.56 Å². The van der Waals surface area contributed by atoms with E-state index in [0.717, 1.165) is 60.3 Å². The largest absolute Gasteiger partial charge is 0.309 e. The van der Waals surface area contributed by atoms with Crippen molar-refractivity contribution in [3.8, 4) is 39.1 Å². The van der Waals surface area contributed by atoms with Crippen LogP contribution in [0.5, 0.6) is 0 Å². The van der Waals surface area contributed by atoms with Crippen molar-refractivity contribution in [2.75, 3.05) is 0 Å². The lowest BCUT2D eigenvalue weighted by Gasteiger charge is -2.22. The molecule has 0 unspecified atom stereocenters. The Hall–Kier alpha value is -6.97. The van der Waals surface area contributed by atoms with Gasteiger partial charge in [-0.2, -0.15) is 0 Å². The molecular formula is C52H34N2O. The number of hydrogen-bond donors (Lipinski definition) is 0. The van der Waals surface area contributed by atoms with Crippen molar-refractivity contribution in [2.45, 2.75) is 19.3 Å². The van der Waals surface area contributed by atoms with E-state index >= 15 is 0 Å². The van der Waals surface area contributed by atoms with Crippen molar-refractivity contribution in [1.82, 2.24) is 8.97 Å². The highest BCUT2D eigenvalue weighted by molar-refractivity contribution is 6.20. The van der Waals surface area contributed by atoms with Gasteiger partial charge in [0.15, 0.2) is 0 Å². The molecule has 0 radical (unpaired) electrons. The summed E-state index contributed by atoms with van der Waals surface area (Å²) in [4.78, 5) is 13.8. The Bertz CT molecular complexity index is 3470. The molecule has 11 aromatic rings. The molecule has 0 saturated heterocycles. The quantitative estimate of drug-likeness (QED) is 0.168. The molecule has 55 heavy (non-hydrogen) atoms. The third kappa shape index (κ3) is 4.02. The number of aromatic nitrogens is 2. The third-order valence-electron chi connectivity index (χ3n) is 12.4. The molecule has 8 aromatic carbocycles. The predicted molar refractivity (Wildman–Crippen MR) is 230 cm³/mol. The van der Waals surface area contributed by atoms with Gasteiger partial charge in [-0.15, -0.1) is 0 Å². The minimum Gasteiger partial charge on any atom is -0.309 e. The molecule has 0 aliphatic heterocycles. The van der Waals surface area contributed by atoms with Gasteiger partial charge in [-0.1, -0.05) is 135 Å². The lowest BCUT2D eigenvalue weighted by molar-refractivity contribution is 0.666. The lowest BCUT2D eigenvalue weighted by atomic mass is 9.80. The van der Waals surface area contributed by atoms with Gasteiger partial charge in [-0.3, -0.25) is 9.20 Å². The van der Waals surface area contributed by atoms with Gasteiger partial charge in [0.1, 0.15) is 0 Å². The van der Waals surface area contributed by atoms with Crippen LogP contribution in [0.3, 0.4) is 0 Å². The molecule has 0 spiro atoms. The summed E-state index contributed by atoms with van der Waals surface area (Å²) in [5.74, 6) is 0. The van der Waals surface area contributed by atoms with Gasteiger partial charge in [-0.05, 0) is 98.4 Å². The predicted octanol–water partition coefficient (Wildman–Crippen LogP) is 12.9. The van der Waals surface area contributed by atoms with E-state index in [4.69, 9.17) is 0 Å². The Kier molecular flexibility index (Phi) is 5.99. The number of pyridine rings is 1. The summed E-state index contributed by atoms with van der Waals surface area (Å²) in [6.45, 7) is 4.74. The van der Waals surface area contributed by atoms with Crippen molar-refractivity contribution in [3.05, 3.63) is 191 Å². The van der Waals surface area contributed by atoms with Crippen molar-refractivity contribution in [1.29, 1.82) is 0 Å². The SMILES string of the molecule is CC1(C)c2ccccc2-c2ccc3c(c21)c1ccccc1n3-c1ccc(-c2cccc(-c3ccc4c(c3)c3cccc5c6ccccc6c(=O)n4c53)c2)cc1. The molecule has 0 bridgehead atoms. The maximum atomic E-state index is 13.8. The van der Waals surface area contributed by atoms with Crippen molar-refractivity contribution in [3.63, 3.8) is 0 Å². The normalized spacial score (nSPS) is 13.5. The molecule has 3 heteroatoms. The van der Waals surface area contributed by atoms with Crippen LogP contribution < -0.4 is 5.56 Å². The molecular weight excluding hydrogens is 669 g/mol. The standard InChI is InChI=1S/C52H34N2O/c1-52(2)44-19-7-5-14-37(44)38-26-28-47-48(49(38)52)42-16-6-8-20-45(42)53(47)35-24-21-31(22-25-35)32-11-9-12-33(29-32)34-23-27-46-43(30-34)40-18-10-17-39-36-13-3-4-15-41(36)51(55)54(46)50(39)40/h3-30H,1-2H3. The van der Waals surface area contributed by atoms with Gasteiger partial charge >= 0.3 is 0 Å². The van der Waals surface area contributed by atoms with Gasteiger partial charge in [-0.25, -0.2) is 0 Å². The van der Waals surface area contributed by atoms with Crippen LogP contribution in [0, 0.1) is 0 Å². The van der Waals surface area contributed by atoms with Crippen molar-refractivity contribution < 1.29 is 0 Å². The van der Waals surface area contributed by atoms with E-state index in [1.165, 1.54) is 49.6 Å². The second-order valence-electron chi connectivity index (χ2n) is 15.7. The third-order valence-corrected chi connectivity index (χ3v) is 12.4. The number of rotatable bonds is 3. The molecule has 3 heterocycles. The fourth-order valence-electron chi connectivity index (χ4n) is 9.99. The molecule has 12 rings (SSSR count). The molecule has 1 aliphatic carbocycles. The average molecular weight is 703 g/mol. The summed E-state index contributed by atoms with van der Waals surface area (Å²) >= 11 is 0. The van der Waals surface area contributed by atoms with Crippen LogP contribution >= 0.6 is 0 Å². The first-order valence-corrected chi connectivity index (χ1v) is 19.1. The lowest BCUT2D eigenvalue weighted by Crippen LogP contribution is -2.15. The number of hydrogen-bond acceptors (Lipinski definition) is 1. The van der Waals surface area contributed by atoms with E-state index in [0.29, 0.717) is 0 Å². The monoisotopic (exact) mass is 702 g/mol. The Morgan fingerprint density at radius 1 is 0.436 bits per heavy atom. The number of fused-ring (bicyclic) bond motifs is 12. The molecule has 258 valence electrons. The number of para-hydroxylation sites is 2. The summed E-state index contributed by atoms with van der Waals surface area (Å²) in [7, 11) is 0. The highest BCUT2D eigenvalue weighted by atomic mass is 16.1. The fraction of sp³-hybridized carbons (Fsp3) is 0.0577. The molecule has 3 nitrogen and oxygen atoms in total. The summed E-state index contributed by atoms with van der Waals surface area (Å²) in [6, 6.07) is 61.1. The van der Waals surface area contributed by atoms with Crippen molar-refractivity contribution in [2.24, 2.45) is 0 Å². The minimum absolute atomic E-state index is 0.0340. The van der Waals surface area contributed by atoms with Crippen LogP contribution in [0.4, 0.5) is 0 Å². The highest BCUT2D eigenvalue weighted by Crippen LogP contribution is 2.53. The molecule has 1 aliphatic rings. The molecule has 0 fully saturated rings. The zero-order valence-corrected chi connectivity index (χ0v) is 30.5. The fourth-order valence-corrected chi connectivity index (χ4v) is 9.99. The Balaban J connectivity index is 0.963. The zero-order valence-electron chi connectivity index (χ0n) is 30.5. The Morgan fingerprint density at radius 3 is 1.89 bits per heavy atom. The Labute approximate surface area is 317 Å². The second-order valence-corrected chi connectivity index (χ2v) is 15.7. The highest BCUT2D eigenvalue weighted by Gasteiger charge is 2.38. The first kappa shape index (κ1) is 30.5. The van der Waals surface area contributed by atoms with Crippen LogP contribution in [0.1, 0.15) is 25.0 Å². The Morgan fingerprint density at radius 2 is 1.05 bits per heavy atom. The van der Waals surface area contributed by atoms with E-state index < -0.39 is 0 Å². The molecule has 0 atom stereocenters. The number of benzene rings is 8. The van der Waals surface area contributed by atoms with Gasteiger partial charge in [0.2, 0.25) is 0 Å². The van der Waals surface area contributed by atoms with Crippen LogP contribution in [0.2, 0.25) is 0 Å². The zero-order chi connectivity index (χ0) is 36.6. The summed E-state index contributed by atoms with van der Waals surface area (Å²) in [5.41, 5.74) is 15.6. The van der Waals surface area contributed by atoms with Gasteiger partial charge < -0.3 is 4.57 Å². The first-order valence-electron chi connectivity index (χ1n) is 19.1. The summed E-state index contributed by atoms with van der Waals surface area (Å²) < 4.78 is 4.34. The van der Waals surface area contributed by atoms with E-state index in [-0.39, 0.29) is 11.0 Å². The van der Waals surface area contributed by atoms with E-state index in [2.05, 4.69) is 170 Å². The van der Waals surface area contributed by atoms with E-state index in [1.807, 2.05) is 22.6 Å². The van der Waals surface area contributed by atoms with Crippen molar-refractivity contribution >= 4 is 59.8 Å². The topological polar surface area (TPSA) is 26.4 Å². The molecule has 0 saturated carbocycles. The first-order chi connectivity index (χ1) is 27.0. The summed E-state index contributed by atoms with van der Waals surface area (Å²) in [5, 5.41) is 7.69. The second kappa shape index (κ2) is 10.8. The van der Waals surface area contributed by atoms with E-state index in [9.17, 15) is 4.79 Å². The molecule has 0 N–H and O–H groups in total. The minimum atomic E-state index is -0.0993. The van der Waals surface area contributed by atoms with Crippen LogP contribution in [0.25, 0.3) is 98.8 Å². The average Bonchev–Trinajstić information content (AvgIpc) is 3.83. The smallest absolute Gasteiger partial charge is 0.263 e. The molecule has 0 amide bonds. The molecule has 3 aromatic heterocycles. The maximum absolute atomic E-state index is 13.8. The van der Waals surface area contributed by atoms with E-state index in [1.54, 1.807) is 0 Å². The number of nitrogens with zero attached hydrogens (tertiary/aromatic N) is 2. The summed E-state index contributed by atoms with van der Waals surface area (Å²) in [6.07, 6.45) is 0. The van der Waals surface area contributed by atoms with Crippen LogP contribution in [0.15, 0.2) is 175 Å². The van der Waals surface area contributed by atoms with Crippen LogP contribution in [-0.4, -0.2) is 8.97 Å². The van der Waals surface area contributed by atoms with Crippen LogP contribution in [-0.2, 0) is 5.41 Å².